The smallest absolute Gasteiger partial charge is 0.326 e. The van der Waals surface area contributed by atoms with E-state index in [-0.39, 0.29) is 11.9 Å². The van der Waals surface area contributed by atoms with Crippen LogP contribution in [0.2, 0.25) is 0 Å². The fourth-order valence-corrected chi connectivity index (χ4v) is 3.04. The standard InChI is InChI=1S/C14H18N2O3S/c1-9-7-8-16(12(9)13(17)18)14(19)15-10-5-3-4-6-11(10)20-2/h3-6,9,12H,7-8H2,1-2H3,(H,15,19)(H,17,18). The minimum absolute atomic E-state index is 0.0194. The van der Waals surface area contributed by atoms with Crippen LogP contribution in [0.5, 0.6) is 0 Å². The molecule has 0 saturated carbocycles. The van der Waals surface area contributed by atoms with Gasteiger partial charge in [-0.3, -0.25) is 0 Å². The van der Waals surface area contributed by atoms with Crippen LogP contribution < -0.4 is 5.32 Å². The maximum Gasteiger partial charge on any atom is 0.326 e. The van der Waals surface area contributed by atoms with E-state index >= 15 is 0 Å². The first-order valence-corrected chi connectivity index (χ1v) is 7.70. The maximum absolute atomic E-state index is 12.3. The van der Waals surface area contributed by atoms with Gasteiger partial charge < -0.3 is 15.3 Å². The number of urea groups is 1. The number of hydrogen-bond acceptors (Lipinski definition) is 3. The normalized spacial score (nSPS) is 21.8. The summed E-state index contributed by atoms with van der Waals surface area (Å²) in [6.45, 7) is 2.34. The average Bonchev–Trinajstić information content (AvgIpc) is 2.81. The zero-order valence-corrected chi connectivity index (χ0v) is 12.3. The Morgan fingerprint density at radius 2 is 2.10 bits per heavy atom. The molecule has 0 bridgehead atoms. The third-order valence-corrected chi connectivity index (χ3v) is 4.36. The summed E-state index contributed by atoms with van der Waals surface area (Å²) in [6, 6.07) is 6.40. The molecule has 1 aliphatic rings. The summed E-state index contributed by atoms with van der Waals surface area (Å²) in [5, 5.41) is 12.1. The Labute approximate surface area is 122 Å². The molecule has 1 saturated heterocycles. The number of benzene rings is 1. The first kappa shape index (κ1) is 14.7. The molecule has 0 aromatic heterocycles. The molecule has 2 unspecified atom stereocenters. The van der Waals surface area contributed by atoms with Gasteiger partial charge in [-0.05, 0) is 30.7 Å². The van der Waals surface area contributed by atoms with Crippen LogP contribution in [0, 0.1) is 5.92 Å². The topological polar surface area (TPSA) is 69.6 Å². The third-order valence-electron chi connectivity index (χ3n) is 3.56. The van der Waals surface area contributed by atoms with Crippen molar-refractivity contribution >= 4 is 29.4 Å². The number of nitrogens with one attached hydrogen (secondary N) is 1. The van der Waals surface area contributed by atoms with Gasteiger partial charge in [-0.15, -0.1) is 11.8 Å². The fraction of sp³-hybridized carbons (Fsp3) is 0.429. The molecule has 1 aliphatic heterocycles. The van der Waals surface area contributed by atoms with Crippen LogP contribution >= 0.6 is 11.8 Å². The first-order chi connectivity index (χ1) is 9.54. The van der Waals surface area contributed by atoms with E-state index in [1.807, 2.05) is 37.4 Å². The number of para-hydroxylation sites is 1. The number of amides is 2. The molecule has 108 valence electrons. The lowest BCUT2D eigenvalue weighted by Crippen LogP contribution is -2.44. The van der Waals surface area contributed by atoms with Gasteiger partial charge in [0, 0.05) is 11.4 Å². The highest BCUT2D eigenvalue weighted by atomic mass is 32.2. The van der Waals surface area contributed by atoms with Gasteiger partial charge in [-0.1, -0.05) is 19.1 Å². The summed E-state index contributed by atoms with van der Waals surface area (Å²) >= 11 is 1.54. The summed E-state index contributed by atoms with van der Waals surface area (Å²) in [7, 11) is 0. The van der Waals surface area contributed by atoms with Crippen molar-refractivity contribution in [3.05, 3.63) is 24.3 Å². The second kappa shape index (κ2) is 6.17. The van der Waals surface area contributed by atoms with Crippen molar-refractivity contribution in [3.63, 3.8) is 0 Å². The molecule has 6 heteroatoms. The largest absolute Gasteiger partial charge is 0.480 e. The lowest BCUT2D eigenvalue weighted by molar-refractivity contribution is -0.142. The number of likely N-dealkylation sites (tertiary alicyclic amines) is 1. The Morgan fingerprint density at radius 3 is 2.75 bits per heavy atom. The van der Waals surface area contributed by atoms with Crippen LogP contribution in [0.25, 0.3) is 0 Å². The van der Waals surface area contributed by atoms with Crippen molar-refractivity contribution in [1.29, 1.82) is 0 Å². The fourth-order valence-electron chi connectivity index (χ4n) is 2.49. The van der Waals surface area contributed by atoms with E-state index in [0.717, 1.165) is 4.90 Å². The number of carbonyl (C=O) groups excluding carboxylic acids is 1. The van der Waals surface area contributed by atoms with Gasteiger partial charge >= 0.3 is 12.0 Å². The van der Waals surface area contributed by atoms with E-state index in [4.69, 9.17) is 0 Å². The molecule has 20 heavy (non-hydrogen) atoms. The molecule has 0 aliphatic carbocycles. The SMILES string of the molecule is CSc1ccccc1NC(=O)N1CCC(C)C1C(=O)O. The number of hydrogen-bond donors (Lipinski definition) is 2. The van der Waals surface area contributed by atoms with Gasteiger partial charge in [0.05, 0.1) is 5.69 Å². The number of carboxylic acid groups (broad SMARTS) is 1. The second-order valence-electron chi connectivity index (χ2n) is 4.87. The van der Waals surface area contributed by atoms with E-state index in [0.29, 0.717) is 18.7 Å². The van der Waals surface area contributed by atoms with Crippen molar-refractivity contribution in [2.75, 3.05) is 18.1 Å². The summed E-state index contributed by atoms with van der Waals surface area (Å²) < 4.78 is 0. The molecule has 0 spiro atoms. The first-order valence-electron chi connectivity index (χ1n) is 6.48. The summed E-state index contributed by atoms with van der Waals surface area (Å²) in [6.07, 6.45) is 2.65. The molecule has 1 aromatic carbocycles. The zero-order chi connectivity index (χ0) is 14.7. The van der Waals surface area contributed by atoms with Crippen LogP contribution in [0.3, 0.4) is 0 Å². The van der Waals surface area contributed by atoms with Gasteiger partial charge in [0.25, 0.3) is 0 Å². The Balaban J connectivity index is 2.14. The number of rotatable bonds is 3. The molecule has 2 atom stereocenters. The highest BCUT2D eigenvalue weighted by Gasteiger charge is 2.39. The highest BCUT2D eigenvalue weighted by Crippen LogP contribution is 2.28. The third kappa shape index (κ3) is 2.90. The maximum atomic E-state index is 12.3. The molecular weight excluding hydrogens is 276 g/mol. The molecule has 2 amide bonds. The lowest BCUT2D eigenvalue weighted by Gasteiger charge is -2.24. The molecule has 1 fully saturated rings. The van der Waals surface area contributed by atoms with E-state index in [9.17, 15) is 14.7 Å². The molecule has 1 aromatic rings. The number of anilines is 1. The number of aliphatic carboxylic acids is 1. The monoisotopic (exact) mass is 294 g/mol. The predicted octanol–water partition coefficient (Wildman–Crippen LogP) is 2.74. The Morgan fingerprint density at radius 1 is 1.40 bits per heavy atom. The van der Waals surface area contributed by atoms with Crippen LogP contribution in [-0.4, -0.2) is 40.8 Å². The van der Waals surface area contributed by atoms with Gasteiger partial charge in [-0.2, -0.15) is 0 Å². The summed E-state index contributed by atoms with van der Waals surface area (Å²) in [5.41, 5.74) is 0.716. The van der Waals surface area contributed by atoms with Crippen LogP contribution in [0.1, 0.15) is 13.3 Å². The van der Waals surface area contributed by atoms with Gasteiger partial charge in [-0.25, -0.2) is 9.59 Å². The van der Waals surface area contributed by atoms with Gasteiger partial charge in [0.2, 0.25) is 0 Å². The molecule has 2 rings (SSSR count). The van der Waals surface area contributed by atoms with Crippen molar-refractivity contribution in [3.8, 4) is 0 Å². The van der Waals surface area contributed by atoms with E-state index in [1.54, 1.807) is 0 Å². The minimum Gasteiger partial charge on any atom is -0.480 e. The van der Waals surface area contributed by atoms with E-state index in [1.165, 1.54) is 16.7 Å². The van der Waals surface area contributed by atoms with E-state index in [2.05, 4.69) is 5.32 Å². The van der Waals surface area contributed by atoms with Gasteiger partial charge in [0.1, 0.15) is 6.04 Å². The molecule has 0 radical (unpaired) electrons. The molecule has 2 N–H and O–H groups in total. The predicted molar refractivity (Wildman–Crippen MR) is 79.2 cm³/mol. The van der Waals surface area contributed by atoms with Crippen LogP contribution in [0.15, 0.2) is 29.2 Å². The van der Waals surface area contributed by atoms with Crippen LogP contribution in [0.4, 0.5) is 10.5 Å². The average molecular weight is 294 g/mol. The van der Waals surface area contributed by atoms with Crippen molar-refractivity contribution in [2.24, 2.45) is 5.92 Å². The number of carboxylic acids is 1. The molecular formula is C14H18N2O3S. The van der Waals surface area contributed by atoms with E-state index < -0.39 is 12.0 Å². The number of carbonyl (C=O) groups is 2. The summed E-state index contributed by atoms with van der Waals surface area (Å²) in [4.78, 5) is 25.9. The number of nitrogens with zero attached hydrogens (tertiary/aromatic N) is 1. The van der Waals surface area contributed by atoms with Crippen molar-refractivity contribution in [1.82, 2.24) is 4.90 Å². The Hall–Kier alpha value is -1.69. The van der Waals surface area contributed by atoms with Crippen LogP contribution in [-0.2, 0) is 4.79 Å². The van der Waals surface area contributed by atoms with Gasteiger partial charge in [0.15, 0.2) is 0 Å². The summed E-state index contributed by atoms with van der Waals surface area (Å²) in [5.74, 6) is -0.961. The Bertz CT molecular complexity index is 521. The minimum atomic E-state index is -0.941. The number of thioether (sulfide) groups is 1. The quantitative estimate of drug-likeness (QED) is 0.841. The zero-order valence-electron chi connectivity index (χ0n) is 11.5. The van der Waals surface area contributed by atoms with Crippen molar-refractivity contribution in [2.45, 2.75) is 24.3 Å². The van der Waals surface area contributed by atoms with Crippen molar-refractivity contribution < 1.29 is 14.7 Å². The Kier molecular flexibility index (Phi) is 4.54. The second-order valence-corrected chi connectivity index (χ2v) is 5.72. The molecule has 1 heterocycles. The highest BCUT2D eigenvalue weighted by molar-refractivity contribution is 7.98. The lowest BCUT2D eigenvalue weighted by atomic mass is 10.0. The molecule has 5 nitrogen and oxygen atoms in total.